The van der Waals surface area contributed by atoms with Crippen molar-refractivity contribution in [1.82, 2.24) is 10.2 Å². The highest BCUT2D eigenvalue weighted by molar-refractivity contribution is 5.78. The van der Waals surface area contributed by atoms with Crippen molar-refractivity contribution in [3.63, 3.8) is 0 Å². The third-order valence-corrected chi connectivity index (χ3v) is 3.39. The molecule has 18 heavy (non-hydrogen) atoms. The third-order valence-electron chi connectivity index (χ3n) is 3.39. The summed E-state index contributed by atoms with van der Waals surface area (Å²) in [6.07, 6.45) is 5.72. The topological polar surface area (TPSA) is 52.6 Å². The number of nitrogens with one attached hydrogen (secondary N) is 1. The largest absolute Gasteiger partial charge is 0.392 e. The number of hydrogen-bond donors (Lipinski definition) is 2. The van der Waals surface area contributed by atoms with E-state index in [4.69, 9.17) is 0 Å². The second kappa shape index (κ2) is 7.74. The first-order chi connectivity index (χ1) is 8.49. The lowest BCUT2D eigenvalue weighted by Crippen LogP contribution is -2.47. The van der Waals surface area contributed by atoms with E-state index in [-0.39, 0.29) is 18.1 Å². The van der Waals surface area contributed by atoms with Crippen molar-refractivity contribution in [1.29, 1.82) is 0 Å². The maximum atomic E-state index is 11.9. The van der Waals surface area contributed by atoms with Gasteiger partial charge in [0.25, 0.3) is 0 Å². The summed E-state index contributed by atoms with van der Waals surface area (Å²) in [6.45, 7) is 6.73. The second-order valence-electron chi connectivity index (χ2n) is 5.79. The Hall–Kier alpha value is -0.610. The van der Waals surface area contributed by atoms with Gasteiger partial charge in [-0.25, -0.2) is 0 Å². The smallest absolute Gasteiger partial charge is 0.234 e. The van der Waals surface area contributed by atoms with Crippen LogP contribution in [-0.4, -0.2) is 47.2 Å². The molecule has 1 unspecified atom stereocenters. The summed E-state index contributed by atoms with van der Waals surface area (Å²) in [5.74, 6) is 0.0659. The first-order valence-electron chi connectivity index (χ1n) is 7.20. The van der Waals surface area contributed by atoms with Crippen LogP contribution < -0.4 is 5.32 Å². The van der Waals surface area contributed by atoms with Crippen LogP contribution in [0, 0.1) is 0 Å². The third kappa shape index (κ3) is 5.83. The molecule has 1 atom stereocenters. The van der Waals surface area contributed by atoms with Crippen molar-refractivity contribution < 1.29 is 9.90 Å². The van der Waals surface area contributed by atoms with E-state index in [0.717, 1.165) is 12.8 Å². The Morgan fingerprint density at radius 3 is 2.39 bits per heavy atom. The first-order valence-corrected chi connectivity index (χ1v) is 7.20. The molecular weight excluding hydrogens is 228 g/mol. The molecule has 1 saturated carbocycles. The van der Waals surface area contributed by atoms with Crippen LogP contribution >= 0.6 is 0 Å². The Balaban J connectivity index is 2.51. The van der Waals surface area contributed by atoms with Gasteiger partial charge < -0.3 is 10.4 Å². The highest BCUT2D eigenvalue weighted by Crippen LogP contribution is 2.22. The highest BCUT2D eigenvalue weighted by Gasteiger charge is 2.24. The van der Waals surface area contributed by atoms with E-state index in [2.05, 4.69) is 10.2 Å². The van der Waals surface area contributed by atoms with Gasteiger partial charge in [-0.3, -0.25) is 9.69 Å². The molecular formula is C14H28N2O2. The van der Waals surface area contributed by atoms with Crippen LogP contribution in [0.25, 0.3) is 0 Å². The lowest BCUT2D eigenvalue weighted by atomic mass is 9.94. The quantitative estimate of drug-likeness (QED) is 0.758. The monoisotopic (exact) mass is 256 g/mol. The standard InChI is InChI=1S/C14H28N2O2/c1-11(2)15-14(18)10-16(9-12(3)17)13-7-5-4-6-8-13/h11-13,17H,4-10H2,1-3H3,(H,15,18). The zero-order chi connectivity index (χ0) is 13.5. The van der Waals surface area contributed by atoms with Gasteiger partial charge in [-0.1, -0.05) is 19.3 Å². The minimum atomic E-state index is -0.376. The minimum absolute atomic E-state index is 0.0659. The molecule has 1 amide bonds. The SMILES string of the molecule is CC(O)CN(CC(=O)NC(C)C)C1CCCCC1. The van der Waals surface area contributed by atoms with Crippen LogP contribution in [-0.2, 0) is 4.79 Å². The summed E-state index contributed by atoms with van der Waals surface area (Å²) in [5.41, 5.74) is 0. The van der Waals surface area contributed by atoms with Gasteiger partial charge >= 0.3 is 0 Å². The molecule has 0 bridgehead atoms. The van der Waals surface area contributed by atoms with Crippen LogP contribution in [0.4, 0.5) is 0 Å². The van der Waals surface area contributed by atoms with E-state index < -0.39 is 0 Å². The summed E-state index contributed by atoms with van der Waals surface area (Å²) in [7, 11) is 0. The van der Waals surface area contributed by atoms with Crippen LogP contribution in [0.1, 0.15) is 52.9 Å². The molecule has 0 spiro atoms. The lowest BCUT2D eigenvalue weighted by Gasteiger charge is -2.34. The normalized spacial score (nSPS) is 19.2. The Bertz CT molecular complexity index is 248. The van der Waals surface area contributed by atoms with E-state index in [1.807, 2.05) is 13.8 Å². The Labute approximate surface area is 111 Å². The molecule has 0 aromatic rings. The molecule has 1 aliphatic rings. The van der Waals surface area contributed by atoms with Gasteiger partial charge in [-0.2, -0.15) is 0 Å². The van der Waals surface area contributed by atoms with Crippen molar-refractivity contribution in [2.75, 3.05) is 13.1 Å². The number of nitrogens with zero attached hydrogens (tertiary/aromatic N) is 1. The van der Waals surface area contributed by atoms with E-state index in [9.17, 15) is 9.90 Å². The van der Waals surface area contributed by atoms with E-state index >= 15 is 0 Å². The summed E-state index contributed by atoms with van der Waals surface area (Å²) in [6, 6.07) is 0.642. The first kappa shape index (κ1) is 15.4. The van der Waals surface area contributed by atoms with Crippen molar-refractivity contribution in [3.05, 3.63) is 0 Å². The average Bonchev–Trinajstić information content (AvgIpc) is 2.27. The molecule has 0 saturated heterocycles. The Kier molecular flexibility index (Phi) is 6.65. The van der Waals surface area contributed by atoms with E-state index in [1.54, 1.807) is 6.92 Å². The molecule has 106 valence electrons. The second-order valence-corrected chi connectivity index (χ2v) is 5.79. The van der Waals surface area contributed by atoms with E-state index in [0.29, 0.717) is 19.1 Å². The fourth-order valence-electron chi connectivity index (χ4n) is 2.68. The van der Waals surface area contributed by atoms with Crippen molar-refractivity contribution in [3.8, 4) is 0 Å². The molecule has 0 aromatic carbocycles. The van der Waals surface area contributed by atoms with Gasteiger partial charge in [-0.15, -0.1) is 0 Å². The number of carbonyl (C=O) groups excluding carboxylic acids is 1. The van der Waals surface area contributed by atoms with Crippen LogP contribution in [0.5, 0.6) is 0 Å². The van der Waals surface area contributed by atoms with Crippen molar-refractivity contribution in [2.45, 2.75) is 71.1 Å². The summed E-state index contributed by atoms with van der Waals surface area (Å²) in [5, 5.41) is 12.5. The molecule has 1 fully saturated rings. The fourth-order valence-corrected chi connectivity index (χ4v) is 2.68. The summed E-state index contributed by atoms with van der Waals surface area (Å²) >= 11 is 0. The predicted octanol–water partition coefficient (Wildman–Crippen LogP) is 1.53. The molecule has 1 aliphatic carbocycles. The molecule has 0 aliphatic heterocycles. The van der Waals surface area contributed by atoms with E-state index in [1.165, 1.54) is 19.3 Å². The van der Waals surface area contributed by atoms with Gasteiger partial charge in [0.05, 0.1) is 12.6 Å². The lowest BCUT2D eigenvalue weighted by molar-refractivity contribution is -0.123. The average molecular weight is 256 g/mol. The van der Waals surface area contributed by atoms with Crippen LogP contribution in [0.3, 0.4) is 0 Å². The molecule has 1 rings (SSSR count). The zero-order valence-corrected chi connectivity index (χ0v) is 12.0. The highest BCUT2D eigenvalue weighted by atomic mass is 16.3. The summed E-state index contributed by atoms with van der Waals surface area (Å²) in [4.78, 5) is 14.0. The van der Waals surface area contributed by atoms with Gasteiger partial charge in [-0.05, 0) is 33.6 Å². The van der Waals surface area contributed by atoms with Crippen LogP contribution in [0.2, 0.25) is 0 Å². The number of amides is 1. The molecule has 0 radical (unpaired) electrons. The van der Waals surface area contributed by atoms with Gasteiger partial charge in [0.2, 0.25) is 5.91 Å². The molecule has 0 heterocycles. The molecule has 4 nitrogen and oxygen atoms in total. The van der Waals surface area contributed by atoms with Gasteiger partial charge in [0, 0.05) is 18.6 Å². The number of carbonyl (C=O) groups is 1. The Morgan fingerprint density at radius 1 is 1.28 bits per heavy atom. The van der Waals surface area contributed by atoms with Gasteiger partial charge in [0.15, 0.2) is 0 Å². The molecule has 2 N–H and O–H groups in total. The van der Waals surface area contributed by atoms with Crippen molar-refractivity contribution in [2.24, 2.45) is 0 Å². The van der Waals surface area contributed by atoms with Crippen molar-refractivity contribution >= 4 is 5.91 Å². The Morgan fingerprint density at radius 2 is 1.89 bits per heavy atom. The number of aliphatic hydroxyl groups is 1. The minimum Gasteiger partial charge on any atom is -0.392 e. The number of hydrogen-bond acceptors (Lipinski definition) is 3. The molecule has 4 heteroatoms. The molecule has 0 aromatic heterocycles. The summed E-state index contributed by atoms with van der Waals surface area (Å²) < 4.78 is 0. The fraction of sp³-hybridized carbons (Fsp3) is 0.929. The number of rotatable bonds is 6. The maximum Gasteiger partial charge on any atom is 0.234 e. The predicted molar refractivity (Wildman–Crippen MR) is 73.4 cm³/mol. The van der Waals surface area contributed by atoms with Gasteiger partial charge in [0.1, 0.15) is 0 Å². The number of aliphatic hydroxyl groups excluding tert-OH is 1. The maximum absolute atomic E-state index is 11.9. The zero-order valence-electron chi connectivity index (χ0n) is 12.0. The van der Waals surface area contributed by atoms with Crippen LogP contribution in [0.15, 0.2) is 0 Å².